The van der Waals surface area contributed by atoms with Gasteiger partial charge in [-0.05, 0) is 134 Å². The Morgan fingerprint density at radius 1 is 0.275 bits per heavy atom. The van der Waals surface area contributed by atoms with Crippen molar-refractivity contribution in [2.24, 2.45) is 0 Å². The van der Waals surface area contributed by atoms with E-state index < -0.39 is 0 Å². The van der Waals surface area contributed by atoms with E-state index in [1.165, 1.54) is 60.8 Å². The van der Waals surface area contributed by atoms with Crippen LogP contribution in [0.5, 0.6) is 0 Å². The summed E-state index contributed by atoms with van der Waals surface area (Å²) >= 11 is 0. The Labute approximate surface area is 401 Å². The van der Waals surface area contributed by atoms with Gasteiger partial charge in [-0.1, -0.05) is 188 Å². The number of nitrogens with zero attached hydrogens (tertiary/aromatic N) is 2. The van der Waals surface area contributed by atoms with E-state index in [1.807, 2.05) is 12.1 Å². The molecule has 69 heavy (non-hydrogen) atoms. The van der Waals surface area contributed by atoms with Gasteiger partial charge in [-0.2, -0.15) is 0 Å². The lowest BCUT2D eigenvalue weighted by molar-refractivity contribution is 0.669. The fourth-order valence-electron chi connectivity index (χ4n) is 10.2. The standard InChI is InChI=1S/C66H44N2O/c1-2-12-45(13-3-1)52-14-10-15-53(44-52)50-32-38-55(39-33-50)67(56-42-34-51(35-43-56)58-19-11-23-65-66(58)61-18-6-9-22-64(61)69-65)54-36-28-48(29-37-54)46-24-26-47(27-25-46)49-30-40-57(41-31-49)68-62-20-7-4-16-59(62)60-17-5-8-21-63(60)68/h1-44H. The Hall–Kier alpha value is -9.18. The average molecular weight is 881 g/mol. The number of aromatic nitrogens is 1. The Morgan fingerprint density at radius 3 is 1.23 bits per heavy atom. The second-order valence-corrected chi connectivity index (χ2v) is 17.7. The van der Waals surface area contributed by atoms with Crippen LogP contribution in [-0.2, 0) is 0 Å². The van der Waals surface area contributed by atoms with Gasteiger partial charge in [0.1, 0.15) is 11.2 Å². The third kappa shape index (κ3) is 7.25. The molecule has 0 amide bonds. The van der Waals surface area contributed by atoms with Crippen LogP contribution >= 0.6 is 0 Å². The number of benzene rings is 11. The maximum atomic E-state index is 6.26. The van der Waals surface area contributed by atoms with Gasteiger partial charge in [0.15, 0.2) is 0 Å². The van der Waals surface area contributed by atoms with Crippen LogP contribution in [0.3, 0.4) is 0 Å². The lowest BCUT2D eigenvalue weighted by Gasteiger charge is -2.26. The first-order chi connectivity index (χ1) is 34.2. The Balaban J connectivity index is 0.812. The predicted octanol–water partition coefficient (Wildman–Crippen LogP) is 18.5. The molecule has 0 N–H and O–H groups in total. The van der Waals surface area contributed by atoms with Crippen LogP contribution in [0.25, 0.3) is 105 Å². The lowest BCUT2D eigenvalue weighted by atomic mass is 9.98. The molecule has 0 saturated carbocycles. The smallest absolute Gasteiger partial charge is 0.136 e. The molecule has 3 nitrogen and oxygen atoms in total. The molecule has 0 radical (unpaired) electrons. The minimum Gasteiger partial charge on any atom is -0.456 e. The molecule has 11 aromatic carbocycles. The summed E-state index contributed by atoms with van der Waals surface area (Å²) in [6, 6.07) is 96.0. The van der Waals surface area contributed by atoms with Crippen LogP contribution in [0.15, 0.2) is 271 Å². The first-order valence-corrected chi connectivity index (χ1v) is 23.6. The molecule has 324 valence electrons. The minimum absolute atomic E-state index is 0.897. The van der Waals surface area contributed by atoms with Gasteiger partial charge in [0.25, 0.3) is 0 Å². The summed E-state index contributed by atoms with van der Waals surface area (Å²) < 4.78 is 8.62. The average Bonchev–Trinajstić information content (AvgIpc) is 3.98. The fraction of sp³-hybridized carbons (Fsp3) is 0. The normalized spacial score (nSPS) is 11.5. The molecule has 2 heterocycles. The summed E-state index contributed by atoms with van der Waals surface area (Å²) in [6.07, 6.45) is 0. The van der Waals surface area contributed by atoms with E-state index >= 15 is 0 Å². The first-order valence-electron chi connectivity index (χ1n) is 23.6. The van der Waals surface area contributed by atoms with Crippen molar-refractivity contribution in [2.75, 3.05) is 4.90 Å². The predicted molar refractivity (Wildman–Crippen MR) is 290 cm³/mol. The van der Waals surface area contributed by atoms with Crippen LogP contribution in [0.1, 0.15) is 0 Å². The van der Waals surface area contributed by atoms with E-state index in [0.717, 1.165) is 61.4 Å². The molecule has 13 aromatic rings. The largest absolute Gasteiger partial charge is 0.456 e. The van der Waals surface area contributed by atoms with Crippen molar-refractivity contribution < 1.29 is 4.42 Å². The van der Waals surface area contributed by atoms with Crippen LogP contribution < -0.4 is 4.90 Å². The third-order valence-corrected chi connectivity index (χ3v) is 13.7. The number of hydrogen-bond acceptors (Lipinski definition) is 2. The van der Waals surface area contributed by atoms with Crippen LogP contribution in [0, 0.1) is 0 Å². The topological polar surface area (TPSA) is 21.3 Å². The van der Waals surface area contributed by atoms with Crippen molar-refractivity contribution in [1.29, 1.82) is 0 Å². The number of fused-ring (bicyclic) bond motifs is 6. The number of rotatable bonds is 9. The van der Waals surface area contributed by atoms with Crippen LogP contribution in [-0.4, -0.2) is 4.57 Å². The summed E-state index contributed by atoms with van der Waals surface area (Å²) in [5.41, 5.74) is 20.4. The highest BCUT2D eigenvalue weighted by atomic mass is 16.3. The zero-order chi connectivity index (χ0) is 45.7. The third-order valence-electron chi connectivity index (χ3n) is 13.7. The maximum Gasteiger partial charge on any atom is 0.136 e. The van der Waals surface area contributed by atoms with E-state index in [0.29, 0.717) is 0 Å². The number of furan rings is 1. The highest BCUT2D eigenvalue weighted by Gasteiger charge is 2.17. The summed E-state index contributed by atoms with van der Waals surface area (Å²) in [5.74, 6) is 0. The van der Waals surface area contributed by atoms with Crippen LogP contribution in [0.2, 0.25) is 0 Å². The van der Waals surface area contributed by atoms with Gasteiger partial charge in [0.05, 0.1) is 11.0 Å². The summed E-state index contributed by atoms with van der Waals surface area (Å²) in [7, 11) is 0. The van der Waals surface area contributed by atoms with Crippen molar-refractivity contribution in [3.63, 3.8) is 0 Å². The highest BCUT2D eigenvalue weighted by Crippen LogP contribution is 2.41. The molecule has 0 aliphatic carbocycles. The number of anilines is 3. The molecule has 13 rings (SSSR count). The minimum atomic E-state index is 0.897. The molecule has 0 aliphatic heterocycles. The molecular weight excluding hydrogens is 837 g/mol. The molecule has 0 aliphatic rings. The van der Waals surface area contributed by atoms with Crippen LogP contribution in [0.4, 0.5) is 17.1 Å². The zero-order valence-electron chi connectivity index (χ0n) is 37.7. The number of para-hydroxylation sites is 3. The van der Waals surface area contributed by atoms with Gasteiger partial charge in [0, 0.05) is 44.3 Å². The Kier molecular flexibility index (Phi) is 9.84. The van der Waals surface area contributed by atoms with E-state index in [4.69, 9.17) is 4.42 Å². The van der Waals surface area contributed by atoms with Gasteiger partial charge in [-0.15, -0.1) is 0 Å². The Bertz CT molecular complexity index is 3910. The summed E-state index contributed by atoms with van der Waals surface area (Å²) in [6.45, 7) is 0. The highest BCUT2D eigenvalue weighted by molar-refractivity contribution is 6.12. The molecule has 0 fully saturated rings. The molecular formula is C66H44N2O. The SMILES string of the molecule is c1ccc(-c2cccc(-c3ccc(N(c4ccc(-c5ccc(-c6ccc(-n7c8ccccc8c8ccccc87)cc6)cc5)cc4)c4ccc(-c5cccc6oc7ccccc7c56)cc4)cc3)c2)cc1. The summed E-state index contributed by atoms with van der Waals surface area (Å²) in [4.78, 5) is 2.34. The van der Waals surface area contributed by atoms with Crippen molar-refractivity contribution in [2.45, 2.75) is 0 Å². The van der Waals surface area contributed by atoms with Gasteiger partial charge in [-0.25, -0.2) is 0 Å². The molecule has 0 unspecified atom stereocenters. The van der Waals surface area contributed by atoms with Crippen molar-refractivity contribution in [3.8, 4) is 61.3 Å². The second kappa shape index (κ2) is 16.9. The van der Waals surface area contributed by atoms with E-state index in [2.05, 4.69) is 264 Å². The quantitative estimate of drug-likeness (QED) is 0.144. The molecule has 0 saturated heterocycles. The second-order valence-electron chi connectivity index (χ2n) is 17.7. The van der Waals surface area contributed by atoms with E-state index in [9.17, 15) is 0 Å². The summed E-state index contributed by atoms with van der Waals surface area (Å²) in [5, 5.41) is 4.81. The van der Waals surface area contributed by atoms with Gasteiger partial charge < -0.3 is 13.9 Å². The monoisotopic (exact) mass is 880 g/mol. The van der Waals surface area contributed by atoms with Gasteiger partial charge >= 0.3 is 0 Å². The molecule has 0 atom stereocenters. The van der Waals surface area contributed by atoms with Gasteiger partial charge in [0.2, 0.25) is 0 Å². The molecule has 0 bridgehead atoms. The van der Waals surface area contributed by atoms with Crippen molar-refractivity contribution in [1.82, 2.24) is 4.57 Å². The Morgan fingerprint density at radius 2 is 0.667 bits per heavy atom. The van der Waals surface area contributed by atoms with Crippen molar-refractivity contribution >= 4 is 60.8 Å². The number of hydrogen-bond donors (Lipinski definition) is 0. The molecule has 2 aromatic heterocycles. The van der Waals surface area contributed by atoms with E-state index in [-0.39, 0.29) is 0 Å². The zero-order valence-corrected chi connectivity index (χ0v) is 37.7. The van der Waals surface area contributed by atoms with E-state index in [1.54, 1.807) is 0 Å². The lowest BCUT2D eigenvalue weighted by Crippen LogP contribution is -2.09. The van der Waals surface area contributed by atoms with Gasteiger partial charge in [-0.3, -0.25) is 0 Å². The van der Waals surface area contributed by atoms with Crippen molar-refractivity contribution in [3.05, 3.63) is 267 Å². The maximum absolute atomic E-state index is 6.26. The molecule has 3 heteroatoms. The first kappa shape index (κ1) is 40.1. The molecule has 0 spiro atoms. The fourth-order valence-corrected chi connectivity index (χ4v) is 10.2.